The van der Waals surface area contributed by atoms with Gasteiger partial charge in [-0.2, -0.15) is 0 Å². The topological polar surface area (TPSA) is 65.7 Å². The number of ether oxygens (including phenoxy) is 2. The van der Waals surface area contributed by atoms with E-state index < -0.39 is 5.63 Å². The van der Waals surface area contributed by atoms with Crippen LogP contribution in [0.15, 0.2) is 33.5 Å². The van der Waals surface area contributed by atoms with Crippen LogP contribution in [0.3, 0.4) is 0 Å². The van der Waals surface area contributed by atoms with Crippen LogP contribution >= 0.6 is 0 Å². The van der Waals surface area contributed by atoms with E-state index in [0.717, 1.165) is 18.2 Å². The van der Waals surface area contributed by atoms with Gasteiger partial charge in [0.05, 0.1) is 13.0 Å². The summed E-state index contributed by atoms with van der Waals surface area (Å²) >= 11 is 0. The number of rotatable bonds is 4. The molecule has 1 saturated carbocycles. The lowest BCUT2D eigenvalue weighted by Crippen LogP contribution is -2.08. The Hall–Kier alpha value is -2.30. The van der Waals surface area contributed by atoms with Crippen LogP contribution in [0.2, 0.25) is 0 Å². The molecule has 0 amide bonds. The first-order valence-corrected chi connectivity index (χ1v) is 6.45. The van der Waals surface area contributed by atoms with E-state index >= 15 is 0 Å². The van der Waals surface area contributed by atoms with Crippen molar-refractivity contribution >= 4 is 16.9 Å². The van der Waals surface area contributed by atoms with Crippen LogP contribution in [0, 0.1) is 5.92 Å². The van der Waals surface area contributed by atoms with Gasteiger partial charge in [-0.25, -0.2) is 4.79 Å². The highest BCUT2D eigenvalue weighted by Gasteiger charge is 2.31. The Morgan fingerprint density at radius 3 is 2.85 bits per heavy atom. The average Bonchev–Trinajstić information content (AvgIpc) is 3.28. The molecular weight excluding hydrogens is 260 g/mol. The predicted octanol–water partition coefficient (Wildman–Crippen LogP) is 2.25. The lowest BCUT2D eigenvalue weighted by molar-refractivity contribution is -0.146. The molecule has 2 aromatic rings. The minimum atomic E-state index is -0.469. The summed E-state index contributed by atoms with van der Waals surface area (Å²) < 4.78 is 15.4. The SMILES string of the molecule is COc1ccc2c(COC(=O)C3CC3)cc(=O)oc2c1. The number of esters is 1. The molecule has 5 heteroatoms. The fraction of sp³-hybridized carbons (Fsp3) is 0.333. The molecule has 5 nitrogen and oxygen atoms in total. The van der Waals surface area contributed by atoms with Crippen LogP contribution < -0.4 is 10.4 Å². The third-order valence-corrected chi connectivity index (χ3v) is 3.32. The summed E-state index contributed by atoms with van der Waals surface area (Å²) in [5, 5.41) is 0.744. The number of carbonyl (C=O) groups is 1. The Kier molecular flexibility index (Phi) is 3.18. The molecular formula is C15H14O5. The van der Waals surface area contributed by atoms with Crippen molar-refractivity contribution in [1.82, 2.24) is 0 Å². The van der Waals surface area contributed by atoms with E-state index in [1.54, 1.807) is 25.3 Å². The molecule has 0 atom stereocenters. The monoisotopic (exact) mass is 274 g/mol. The van der Waals surface area contributed by atoms with Gasteiger partial charge in [0.15, 0.2) is 0 Å². The van der Waals surface area contributed by atoms with Gasteiger partial charge in [-0.05, 0) is 25.0 Å². The number of hydrogen-bond donors (Lipinski definition) is 0. The number of carbonyl (C=O) groups excluding carboxylic acids is 1. The molecule has 0 bridgehead atoms. The van der Waals surface area contributed by atoms with Gasteiger partial charge >= 0.3 is 11.6 Å². The number of fused-ring (bicyclic) bond motifs is 1. The molecule has 0 saturated heterocycles. The van der Waals surface area contributed by atoms with Crippen molar-refractivity contribution in [2.24, 2.45) is 5.92 Å². The number of methoxy groups -OCH3 is 1. The Morgan fingerprint density at radius 2 is 2.15 bits per heavy atom. The van der Waals surface area contributed by atoms with Crippen molar-refractivity contribution in [3.63, 3.8) is 0 Å². The molecule has 0 spiro atoms. The quantitative estimate of drug-likeness (QED) is 0.632. The van der Waals surface area contributed by atoms with Crippen molar-refractivity contribution < 1.29 is 18.7 Å². The van der Waals surface area contributed by atoms with E-state index in [4.69, 9.17) is 13.9 Å². The zero-order chi connectivity index (χ0) is 14.1. The minimum absolute atomic E-state index is 0.0430. The molecule has 1 aromatic carbocycles. The summed E-state index contributed by atoms with van der Waals surface area (Å²) in [5.74, 6) is 0.453. The highest BCUT2D eigenvalue weighted by atomic mass is 16.5. The molecule has 3 rings (SSSR count). The molecule has 20 heavy (non-hydrogen) atoms. The summed E-state index contributed by atoms with van der Waals surface area (Å²) in [6, 6.07) is 6.56. The fourth-order valence-electron chi connectivity index (χ4n) is 2.04. The van der Waals surface area contributed by atoms with Crippen LogP contribution in [0.4, 0.5) is 0 Å². The minimum Gasteiger partial charge on any atom is -0.497 e. The summed E-state index contributed by atoms with van der Waals surface area (Å²) in [6.07, 6.45) is 1.79. The van der Waals surface area contributed by atoms with Gasteiger partial charge in [-0.3, -0.25) is 4.79 Å². The van der Waals surface area contributed by atoms with Crippen molar-refractivity contribution in [3.8, 4) is 5.75 Å². The summed E-state index contributed by atoms with van der Waals surface area (Å²) in [4.78, 5) is 23.1. The first kappa shape index (κ1) is 12.7. The van der Waals surface area contributed by atoms with Crippen LogP contribution in [-0.4, -0.2) is 13.1 Å². The standard InChI is InChI=1S/C15H14O5/c1-18-11-4-5-12-10(6-14(16)20-13(12)7-11)8-19-15(17)9-2-3-9/h4-7,9H,2-3,8H2,1H3. The van der Waals surface area contributed by atoms with Gasteiger partial charge in [0, 0.05) is 23.1 Å². The van der Waals surface area contributed by atoms with Crippen LogP contribution in [0.5, 0.6) is 5.75 Å². The van der Waals surface area contributed by atoms with Gasteiger partial charge in [0.2, 0.25) is 0 Å². The highest BCUT2D eigenvalue weighted by Crippen LogP contribution is 2.31. The second kappa shape index (κ2) is 5.00. The molecule has 1 fully saturated rings. The van der Waals surface area contributed by atoms with Crippen molar-refractivity contribution in [2.45, 2.75) is 19.4 Å². The first-order chi connectivity index (χ1) is 9.67. The predicted molar refractivity (Wildman–Crippen MR) is 71.6 cm³/mol. The Labute approximate surface area is 115 Å². The summed E-state index contributed by atoms with van der Waals surface area (Å²) in [7, 11) is 1.54. The Bertz CT molecular complexity index is 712. The van der Waals surface area contributed by atoms with Gasteiger partial charge in [-0.15, -0.1) is 0 Å². The van der Waals surface area contributed by atoms with E-state index in [1.807, 2.05) is 0 Å². The molecule has 1 aromatic heterocycles. The van der Waals surface area contributed by atoms with E-state index in [9.17, 15) is 9.59 Å². The van der Waals surface area contributed by atoms with E-state index in [0.29, 0.717) is 16.9 Å². The van der Waals surface area contributed by atoms with E-state index in [-0.39, 0.29) is 18.5 Å². The summed E-state index contributed by atoms with van der Waals surface area (Å²) in [5.41, 5.74) is 0.602. The van der Waals surface area contributed by atoms with Crippen LogP contribution in [0.1, 0.15) is 18.4 Å². The Balaban J connectivity index is 1.92. The third kappa shape index (κ3) is 2.52. The van der Waals surface area contributed by atoms with Gasteiger partial charge in [0.25, 0.3) is 0 Å². The zero-order valence-corrected chi connectivity index (χ0v) is 11.0. The van der Waals surface area contributed by atoms with Gasteiger partial charge < -0.3 is 13.9 Å². The molecule has 0 aliphatic heterocycles. The maximum atomic E-state index is 11.6. The maximum Gasteiger partial charge on any atom is 0.336 e. The third-order valence-electron chi connectivity index (χ3n) is 3.32. The van der Waals surface area contributed by atoms with Crippen molar-refractivity contribution in [1.29, 1.82) is 0 Å². The zero-order valence-electron chi connectivity index (χ0n) is 11.0. The van der Waals surface area contributed by atoms with Gasteiger partial charge in [-0.1, -0.05) is 0 Å². The summed E-state index contributed by atoms with van der Waals surface area (Å²) in [6.45, 7) is 0.0871. The highest BCUT2D eigenvalue weighted by molar-refractivity contribution is 5.82. The molecule has 1 aliphatic carbocycles. The first-order valence-electron chi connectivity index (χ1n) is 6.45. The molecule has 104 valence electrons. The van der Waals surface area contributed by atoms with Crippen LogP contribution in [-0.2, 0) is 16.1 Å². The maximum absolute atomic E-state index is 11.6. The van der Waals surface area contributed by atoms with Gasteiger partial charge in [0.1, 0.15) is 17.9 Å². The van der Waals surface area contributed by atoms with E-state index in [2.05, 4.69) is 0 Å². The normalized spacial score (nSPS) is 14.2. The molecule has 0 N–H and O–H groups in total. The molecule has 1 heterocycles. The lowest BCUT2D eigenvalue weighted by Gasteiger charge is -2.07. The second-order valence-electron chi connectivity index (χ2n) is 4.83. The second-order valence-corrected chi connectivity index (χ2v) is 4.83. The smallest absolute Gasteiger partial charge is 0.336 e. The lowest BCUT2D eigenvalue weighted by atomic mass is 10.1. The largest absolute Gasteiger partial charge is 0.497 e. The van der Waals surface area contributed by atoms with E-state index in [1.165, 1.54) is 6.07 Å². The Morgan fingerprint density at radius 1 is 1.35 bits per heavy atom. The fourth-order valence-corrected chi connectivity index (χ4v) is 2.04. The van der Waals surface area contributed by atoms with Crippen molar-refractivity contribution in [3.05, 3.63) is 40.2 Å². The molecule has 1 aliphatic rings. The van der Waals surface area contributed by atoms with Crippen LogP contribution in [0.25, 0.3) is 11.0 Å². The average molecular weight is 274 g/mol. The van der Waals surface area contributed by atoms with Crippen molar-refractivity contribution in [2.75, 3.05) is 7.11 Å². The molecule has 0 radical (unpaired) electrons. The number of hydrogen-bond acceptors (Lipinski definition) is 5. The number of benzene rings is 1. The molecule has 0 unspecified atom stereocenters.